The van der Waals surface area contributed by atoms with Crippen molar-refractivity contribution in [2.24, 2.45) is 5.92 Å². The van der Waals surface area contributed by atoms with Gasteiger partial charge in [0.15, 0.2) is 0 Å². The second-order valence-corrected chi connectivity index (χ2v) is 4.54. The normalized spacial score (nSPS) is 41.5. The van der Waals surface area contributed by atoms with Crippen molar-refractivity contribution in [1.29, 1.82) is 0 Å². The van der Waals surface area contributed by atoms with Crippen molar-refractivity contribution < 1.29 is 4.74 Å². The topological polar surface area (TPSA) is 24.5 Å². The van der Waals surface area contributed by atoms with Gasteiger partial charge in [-0.3, -0.25) is 0 Å². The maximum atomic E-state index is 5.43. The molecule has 0 radical (unpaired) electrons. The Morgan fingerprint density at radius 1 is 1.38 bits per heavy atom. The van der Waals surface area contributed by atoms with E-state index in [0.29, 0.717) is 18.0 Å². The lowest BCUT2D eigenvalue weighted by Crippen LogP contribution is -2.42. The van der Waals surface area contributed by atoms with Gasteiger partial charge in [-0.25, -0.2) is 0 Å². The first kappa shape index (κ1) is 9.44. The maximum Gasteiger partial charge on any atom is 0.0623 e. The molecule has 13 heavy (non-hydrogen) atoms. The molecule has 0 aromatic carbocycles. The fourth-order valence-corrected chi connectivity index (χ4v) is 2.25. The number of likely N-dealkylation sites (N-methyl/N-ethyl adjacent to an activating group) is 1. The third-order valence-electron chi connectivity index (χ3n) is 3.21. The van der Waals surface area contributed by atoms with E-state index in [1.54, 1.807) is 0 Å². The Morgan fingerprint density at radius 3 is 2.77 bits per heavy atom. The molecule has 3 nitrogen and oxygen atoms in total. The molecule has 2 fully saturated rings. The number of ether oxygens (including phenoxy) is 1. The summed E-state index contributed by atoms with van der Waals surface area (Å²) in [6.45, 7) is 6.54. The number of nitrogens with zero attached hydrogens (tertiary/aromatic N) is 1. The second-order valence-electron chi connectivity index (χ2n) is 4.54. The lowest BCUT2D eigenvalue weighted by molar-refractivity contribution is 0.183. The van der Waals surface area contributed by atoms with Gasteiger partial charge in [-0.1, -0.05) is 6.92 Å². The molecule has 3 heteroatoms. The van der Waals surface area contributed by atoms with E-state index >= 15 is 0 Å². The van der Waals surface area contributed by atoms with E-state index in [2.05, 4.69) is 24.2 Å². The minimum absolute atomic E-state index is 0.594. The Bertz CT molecular complexity index is 174. The summed E-state index contributed by atoms with van der Waals surface area (Å²) in [4.78, 5) is 2.39. The van der Waals surface area contributed by atoms with Gasteiger partial charge in [-0.15, -0.1) is 0 Å². The summed E-state index contributed by atoms with van der Waals surface area (Å²) < 4.78 is 5.43. The molecule has 2 saturated heterocycles. The van der Waals surface area contributed by atoms with E-state index in [-0.39, 0.29) is 0 Å². The fraction of sp³-hybridized carbons (Fsp3) is 1.00. The highest BCUT2D eigenvalue weighted by Gasteiger charge is 2.28. The summed E-state index contributed by atoms with van der Waals surface area (Å²) in [5, 5.41) is 3.69. The number of nitrogens with one attached hydrogen (secondary N) is 1. The van der Waals surface area contributed by atoms with E-state index < -0.39 is 0 Å². The first-order chi connectivity index (χ1) is 6.25. The van der Waals surface area contributed by atoms with Gasteiger partial charge in [0.05, 0.1) is 13.2 Å². The standard InChI is InChI=1S/C10H20N2O/c1-8-6-13-7-10(8)11-9-3-4-12(2)5-9/h8-11H,3-7H2,1-2H3. The van der Waals surface area contributed by atoms with Gasteiger partial charge in [0.1, 0.15) is 0 Å². The lowest BCUT2D eigenvalue weighted by atomic mass is 10.1. The van der Waals surface area contributed by atoms with Crippen LogP contribution in [0, 0.1) is 5.92 Å². The number of rotatable bonds is 2. The van der Waals surface area contributed by atoms with Crippen LogP contribution in [0.3, 0.4) is 0 Å². The summed E-state index contributed by atoms with van der Waals surface area (Å²) >= 11 is 0. The van der Waals surface area contributed by atoms with Crippen LogP contribution < -0.4 is 5.32 Å². The average Bonchev–Trinajstić information content (AvgIpc) is 2.64. The van der Waals surface area contributed by atoms with Crippen LogP contribution in [0.15, 0.2) is 0 Å². The molecule has 76 valence electrons. The predicted octanol–water partition coefficient (Wildman–Crippen LogP) is 0.315. The molecule has 2 aliphatic rings. The highest BCUT2D eigenvalue weighted by molar-refractivity contribution is 4.86. The minimum atomic E-state index is 0.594. The molecule has 2 rings (SSSR count). The van der Waals surface area contributed by atoms with Gasteiger partial charge < -0.3 is 15.0 Å². The van der Waals surface area contributed by atoms with Crippen LogP contribution in [0.1, 0.15) is 13.3 Å². The Labute approximate surface area is 80.4 Å². The van der Waals surface area contributed by atoms with Crippen LogP contribution in [0.2, 0.25) is 0 Å². The van der Waals surface area contributed by atoms with E-state index in [1.165, 1.54) is 19.5 Å². The Balaban J connectivity index is 1.77. The summed E-state index contributed by atoms with van der Waals surface area (Å²) in [6, 6.07) is 1.29. The highest BCUT2D eigenvalue weighted by Crippen LogP contribution is 2.15. The van der Waals surface area contributed by atoms with E-state index in [9.17, 15) is 0 Å². The Hall–Kier alpha value is -0.120. The first-order valence-corrected chi connectivity index (χ1v) is 5.28. The van der Waals surface area contributed by atoms with E-state index in [0.717, 1.165) is 13.2 Å². The van der Waals surface area contributed by atoms with Crippen molar-refractivity contribution in [3.05, 3.63) is 0 Å². The van der Waals surface area contributed by atoms with Gasteiger partial charge in [0.25, 0.3) is 0 Å². The largest absolute Gasteiger partial charge is 0.379 e. The summed E-state index contributed by atoms with van der Waals surface area (Å²) in [5.74, 6) is 0.686. The quantitative estimate of drug-likeness (QED) is 0.668. The molecule has 0 spiro atoms. The molecule has 3 atom stereocenters. The van der Waals surface area contributed by atoms with E-state index in [1.807, 2.05) is 0 Å². The van der Waals surface area contributed by atoms with Crippen molar-refractivity contribution in [1.82, 2.24) is 10.2 Å². The summed E-state index contributed by atoms with van der Waals surface area (Å²) in [7, 11) is 2.19. The van der Waals surface area contributed by atoms with Gasteiger partial charge in [0, 0.05) is 18.6 Å². The number of hydrogen-bond acceptors (Lipinski definition) is 3. The van der Waals surface area contributed by atoms with Crippen molar-refractivity contribution in [3.8, 4) is 0 Å². The molecule has 0 saturated carbocycles. The van der Waals surface area contributed by atoms with E-state index in [4.69, 9.17) is 4.74 Å². The molecule has 0 bridgehead atoms. The maximum absolute atomic E-state index is 5.43. The molecule has 2 heterocycles. The monoisotopic (exact) mass is 184 g/mol. The molecule has 0 aromatic heterocycles. The highest BCUT2D eigenvalue weighted by atomic mass is 16.5. The fourth-order valence-electron chi connectivity index (χ4n) is 2.25. The summed E-state index contributed by atoms with van der Waals surface area (Å²) in [5.41, 5.74) is 0. The van der Waals surface area contributed by atoms with Gasteiger partial charge in [-0.05, 0) is 25.9 Å². The average molecular weight is 184 g/mol. The van der Waals surface area contributed by atoms with Crippen LogP contribution in [-0.4, -0.2) is 50.3 Å². The molecule has 2 aliphatic heterocycles. The predicted molar refractivity (Wildman–Crippen MR) is 52.8 cm³/mol. The van der Waals surface area contributed by atoms with Crippen LogP contribution >= 0.6 is 0 Å². The third-order valence-corrected chi connectivity index (χ3v) is 3.21. The van der Waals surface area contributed by atoms with Gasteiger partial charge in [-0.2, -0.15) is 0 Å². The first-order valence-electron chi connectivity index (χ1n) is 5.28. The molecule has 0 aromatic rings. The molecule has 0 aliphatic carbocycles. The smallest absolute Gasteiger partial charge is 0.0623 e. The van der Waals surface area contributed by atoms with Crippen molar-refractivity contribution in [3.63, 3.8) is 0 Å². The van der Waals surface area contributed by atoms with Gasteiger partial charge >= 0.3 is 0 Å². The lowest BCUT2D eigenvalue weighted by Gasteiger charge is -2.20. The van der Waals surface area contributed by atoms with Crippen LogP contribution in [0.25, 0.3) is 0 Å². The van der Waals surface area contributed by atoms with Crippen molar-refractivity contribution >= 4 is 0 Å². The summed E-state index contributed by atoms with van der Waals surface area (Å²) in [6.07, 6.45) is 1.29. The molecule has 3 unspecified atom stereocenters. The second kappa shape index (κ2) is 3.95. The Kier molecular flexibility index (Phi) is 2.86. The van der Waals surface area contributed by atoms with Crippen molar-refractivity contribution in [2.45, 2.75) is 25.4 Å². The Morgan fingerprint density at radius 2 is 2.23 bits per heavy atom. The van der Waals surface area contributed by atoms with Crippen LogP contribution in [-0.2, 0) is 4.74 Å². The van der Waals surface area contributed by atoms with Crippen molar-refractivity contribution in [2.75, 3.05) is 33.4 Å². The molecule has 0 amide bonds. The zero-order valence-electron chi connectivity index (χ0n) is 8.62. The molecular weight excluding hydrogens is 164 g/mol. The van der Waals surface area contributed by atoms with Crippen LogP contribution in [0.5, 0.6) is 0 Å². The zero-order valence-corrected chi connectivity index (χ0v) is 8.62. The van der Waals surface area contributed by atoms with Crippen LogP contribution in [0.4, 0.5) is 0 Å². The molecule has 1 N–H and O–H groups in total. The molecular formula is C10H20N2O. The SMILES string of the molecule is CC1COCC1NC1CCN(C)C1. The third kappa shape index (κ3) is 2.22. The number of hydrogen-bond donors (Lipinski definition) is 1. The van der Waals surface area contributed by atoms with Gasteiger partial charge in [0.2, 0.25) is 0 Å². The minimum Gasteiger partial charge on any atom is -0.379 e. The zero-order chi connectivity index (χ0) is 9.26. The number of likely N-dealkylation sites (tertiary alicyclic amines) is 1.